The normalized spacial score (nSPS) is 11.5. The molecule has 1 heterocycles. The summed E-state index contributed by atoms with van der Waals surface area (Å²) in [5.41, 5.74) is 2.70. The Morgan fingerprint density at radius 1 is 1.03 bits per heavy atom. The molecule has 33 heavy (non-hydrogen) atoms. The van der Waals surface area contributed by atoms with Crippen molar-refractivity contribution in [1.29, 1.82) is 0 Å². The van der Waals surface area contributed by atoms with Crippen molar-refractivity contribution in [3.05, 3.63) is 72.3 Å². The number of benzene rings is 3. The number of halogens is 3. The lowest BCUT2D eigenvalue weighted by Gasteiger charge is -2.09. The molecule has 9 heteroatoms. The fourth-order valence-corrected chi connectivity index (χ4v) is 4.11. The van der Waals surface area contributed by atoms with Crippen LogP contribution in [0.4, 0.5) is 18.9 Å². The number of nitrogens with zero attached hydrogens (tertiary/aromatic N) is 1. The van der Waals surface area contributed by atoms with E-state index in [4.69, 9.17) is 4.74 Å². The lowest BCUT2D eigenvalue weighted by atomic mass is 10.2. The van der Waals surface area contributed by atoms with E-state index in [1.165, 1.54) is 11.3 Å². The summed E-state index contributed by atoms with van der Waals surface area (Å²) in [4.78, 5) is 17.1. The van der Waals surface area contributed by atoms with Crippen LogP contribution in [0.15, 0.2) is 66.7 Å². The lowest BCUT2D eigenvalue weighted by molar-refractivity contribution is -0.136. The maximum Gasteiger partial charge on any atom is 0.389 e. The molecule has 170 valence electrons. The highest BCUT2D eigenvalue weighted by Crippen LogP contribution is 2.32. The Morgan fingerprint density at radius 3 is 2.45 bits per heavy atom. The van der Waals surface area contributed by atoms with Crippen molar-refractivity contribution in [1.82, 2.24) is 4.98 Å². The van der Waals surface area contributed by atoms with E-state index < -0.39 is 12.6 Å². The third kappa shape index (κ3) is 6.01. The predicted octanol–water partition coefficient (Wildman–Crippen LogP) is 6.64. The van der Waals surface area contributed by atoms with Crippen LogP contribution in [-0.2, 0) is 0 Å². The number of aromatic nitrogens is 1. The number of alkyl halides is 3. The molecule has 0 saturated carbocycles. The Balaban J connectivity index is 1.34. The molecule has 0 saturated heterocycles. The first-order valence-corrected chi connectivity index (χ1v) is 10.9. The minimum atomic E-state index is -4.19. The fourth-order valence-electron chi connectivity index (χ4n) is 3.10. The molecule has 0 atom stereocenters. The Bertz CT molecular complexity index is 1250. The highest BCUT2D eigenvalue weighted by molar-refractivity contribution is 7.21. The maximum atomic E-state index is 12.5. The summed E-state index contributed by atoms with van der Waals surface area (Å²) in [5, 5.41) is 13.2. The van der Waals surface area contributed by atoms with E-state index in [-0.39, 0.29) is 24.7 Å². The smallest absolute Gasteiger partial charge is 0.389 e. The number of carbonyl (C=O) groups excluding carboxylic acids is 1. The number of fused-ring (bicyclic) bond motifs is 1. The zero-order valence-corrected chi connectivity index (χ0v) is 18.0. The van der Waals surface area contributed by atoms with Gasteiger partial charge in [-0.2, -0.15) is 13.2 Å². The summed E-state index contributed by atoms with van der Waals surface area (Å²) in [7, 11) is 0. The van der Waals surface area contributed by atoms with E-state index in [1.807, 2.05) is 12.1 Å². The molecule has 0 unspecified atom stereocenters. The summed E-state index contributed by atoms with van der Waals surface area (Å²) in [6, 6.07) is 18.5. The molecule has 1 amide bonds. The Labute approximate surface area is 191 Å². The molecule has 0 radical (unpaired) electrons. The highest BCUT2D eigenvalue weighted by Gasteiger charge is 2.26. The number of nitrogens with one attached hydrogen (secondary N) is 1. The molecule has 0 aliphatic heterocycles. The van der Waals surface area contributed by atoms with E-state index in [1.54, 1.807) is 54.6 Å². The number of thiazole rings is 1. The van der Waals surface area contributed by atoms with Crippen LogP contribution < -0.4 is 10.1 Å². The van der Waals surface area contributed by atoms with Gasteiger partial charge in [0, 0.05) is 23.2 Å². The molecule has 0 bridgehead atoms. The number of phenols is 1. The van der Waals surface area contributed by atoms with Gasteiger partial charge >= 0.3 is 6.18 Å². The van der Waals surface area contributed by atoms with Crippen molar-refractivity contribution in [3.63, 3.8) is 0 Å². The van der Waals surface area contributed by atoms with E-state index in [0.29, 0.717) is 17.0 Å². The molecular weight excluding hydrogens is 453 g/mol. The van der Waals surface area contributed by atoms with Crippen molar-refractivity contribution >= 4 is 33.1 Å². The first kappa shape index (κ1) is 22.6. The summed E-state index contributed by atoms with van der Waals surface area (Å²) >= 11 is 1.46. The second-order valence-corrected chi connectivity index (χ2v) is 8.32. The van der Waals surface area contributed by atoms with Gasteiger partial charge in [0.05, 0.1) is 16.8 Å². The number of rotatable bonds is 7. The quantitative estimate of drug-likeness (QED) is 0.296. The molecule has 0 fully saturated rings. The van der Waals surface area contributed by atoms with Crippen molar-refractivity contribution in [2.24, 2.45) is 0 Å². The standard InChI is InChI=1S/C24H19F3N2O3S/c25-24(26,27)12-1-13-32-19-9-4-15(5-10-19)22(31)28-17-6-2-16(3-7-17)23-29-20-11-8-18(30)14-21(20)33-23/h2-11,14,30H,1,12-13H2,(H,28,31). The minimum absolute atomic E-state index is 0.0484. The van der Waals surface area contributed by atoms with Gasteiger partial charge in [-0.25, -0.2) is 4.98 Å². The number of anilines is 1. The molecule has 4 aromatic rings. The van der Waals surface area contributed by atoms with E-state index in [0.717, 1.165) is 20.8 Å². The molecule has 5 nitrogen and oxygen atoms in total. The molecule has 0 spiro atoms. The zero-order valence-electron chi connectivity index (χ0n) is 17.2. The number of carbonyl (C=O) groups is 1. The van der Waals surface area contributed by atoms with Crippen LogP contribution in [0, 0.1) is 0 Å². The number of amides is 1. The molecule has 0 aliphatic carbocycles. The predicted molar refractivity (Wildman–Crippen MR) is 122 cm³/mol. The van der Waals surface area contributed by atoms with Gasteiger partial charge in [0.1, 0.15) is 16.5 Å². The molecular formula is C24H19F3N2O3S. The molecule has 1 aromatic heterocycles. The van der Waals surface area contributed by atoms with Gasteiger partial charge in [0.15, 0.2) is 0 Å². The van der Waals surface area contributed by atoms with Gasteiger partial charge in [-0.3, -0.25) is 4.79 Å². The molecule has 0 aliphatic rings. The van der Waals surface area contributed by atoms with E-state index in [9.17, 15) is 23.1 Å². The van der Waals surface area contributed by atoms with Crippen LogP contribution in [0.1, 0.15) is 23.2 Å². The van der Waals surface area contributed by atoms with Crippen LogP contribution in [0.25, 0.3) is 20.8 Å². The molecule has 4 rings (SSSR count). The monoisotopic (exact) mass is 472 g/mol. The van der Waals surface area contributed by atoms with Gasteiger partial charge in [0.25, 0.3) is 5.91 Å². The summed E-state index contributed by atoms with van der Waals surface area (Å²) < 4.78 is 42.6. The largest absolute Gasteiger partial charge is 0.508 e. The molecule has 2 N–H and O–H groups in total. The average Bonchev–Trinajstić information content (AvgIpc) is 3.20. The van der Waals surface area contributed by atoms with E-state index >= 15 is 0 Å². The molecule has 3 aromatic carbocycles. The fraction of sp³-hybridized carbons (Fsp3) is 0.167. The van der Waals surface area contributed by atoms with Crippen LogP contribution in [-0.4, -0.2) is 28.8 Å². The summed E-state index contributed by atoms with van der Waals surface area (Å²) in [5.74, 6) is 0.279. The second-order valence-electron chi connectivity index (χ2n) is 7.29. The van der Waals surface area contributed by atoms with Crippen LogP contribution in [0.5, 0.6) is 11.5 Å². The number of hydrogen-bond donors (Lipinski definition) is 2. The first-order chi connectivity index (χ1) is 15.8. The van der Waals surface area contributed by atoms with Gasteiger partial charge in [-0.15, -0.1) is 11.3 Å². The number of aromatic hydroxyl groups is 1. The van der Waals surface area contributed by atoms with Crippen molar-refractivity contribution in [2.75, 3.05) is 11.9 Å². The number of phenolic OH excluding ortho intramolecular Hbond substituents is 1. The zero-order chi connectivity index (χ0) is 23.4. The van der Waals surface area contributed by atoms with Gasteiger partial charge < -0.3 is 15.2 Å². The van der Waals surface area contributed by atoms with Gasteiger partial charge in [-0.05, 0) is 73.2 Å². The van der Waals surface area contributed by atoms with Crippen LogP contribution >= 0.6 is 11.3 Å². The minimum Gasteiger partial charge on any atom is -0.508 e. The van der Waals surface area contributed by atoms with Gasteiger partial charge in [-0.1, -0.05) is 0 Å². The Kier molecular flexibility index (Phi) is 6.50. The van der Waals surface area contributed by atoms with Crippen molar-refractivity contribution < 1.29 is 27.8 Å². The third-order valence-electron chi connectivity index (χ3n) is 4.75. The van der Waals surface area contributed by atoms with Gasteiger partial charge in [0.2, 0.25) is 0 Å². The maximum absolute atomic E-state index is 12.5. The SMILES string of the molecule is O=C(Nc1ccc(-c2nc3ccc(O)cc3s2)cc1)c1ccc(OCCCC(F)(F)F)cc1. The highest BCUT2D eigenvalue weighted by atomic mass is 32.1. The topological polar surface area (TPSA) is 71.5 Å². The van der Waals surface area contributed by atoms with Crippen molar-refractivity contribution in [2.45, 2.75) is 19.0 Å². The van der Waals surface area contributed by atoms with Crippen molar-refractivity contribution in [3.8, 4) is 22.1 Å². The number of hydrogen-bond acceptors (Lipinski definition) is 5. The third-order valence-corrected chi connectivity index (χ3v) is 5.82. The van der Waals surface area contributed by atoms with Crippen LogP contribution in [0.2, 0.25) is 0 Å². The average molecular weight is 472 g/mol. The second kappa shape index (κ2) is 9.50. The Morgan fingerprint density at radius 2 is 1.76 bits per heavy atom. The van der Waals surface area contributed by atoms with Crippen LogP contribution in [0.3, 0.4) is 0 Å². The summed E-state index contributed by atoms with van der Waals surface area (Å²) in [6.45, 7) is -0.0484. The first-order valence-electron chi connectivity index (χ1n) is 10.1. The lowest BCUT2D eigenvalue weighted by Crippen LogP contribution is -2.12. The summed E-state index contributed by atoms with van der Waals surface area (Å²) in [6.07, 6.45) is -5.21. The van der Waals surface area contributed by atoms with E-state index in [2.05, 4.69) is 10.3 Å². The number of ether oxygens (including phenoxy) is 1. The Hall–Kier alpha value is -3.59.